The first-order valence-electron chi connectivity index (χ1n) is 11.8. The Morgan fingerprint density at radius 2 is 1.82 bits per heavy atom. The molecule has 0 saturated carbocycles. The summed E-state index contributed by atoms with van der Waals surface area (Å²) in [4.78, 5) is 19.2. The molecule has 5 heteroatoms. The van der Waals surface area contributed by atoms with Gasteiger partial charge in [-0.25, -0.2) is 0 Å². The highest BCUT2D eigenvalue weighted by atomic mass is 32.1. The molecule has 1 aliphatic heterocycles. The molecule has 1 amide bonds. The van der Waals surface area contributed by atoms with Crippen molar-refractivity contribution in [2.75, 3.05) is 26.7 Å². The Hall–Kier alpha value is -2.63. The van der Waals surface area contributed by atoms with Crippen molar-refractivity contribution in [3.05, 3.63) is 88.1 Å². The number of nitrogens with zero attached hydrogens (tertiary/aromatic N) is 2. The number of benzene rings is 2. The Morgan fingerprint density at radius 3 is 2.52 bits per heavy atom. The van der Waals surface area contributed by atoms with Crippen LogP contribution in [-0.4, -0.2) is 42.5 Å². The molecule has 33 heavy (non-hydrogen) atoms. The first-order valence-corrected chi connectivity index (χ1v) is 12.6. The van der Waals surface area contributed by atoms with E-state index in [2.05, 4.69) is 57.6 Å². The highest BCUT2D eigenvalue weighted by Gasteiger charge is 2.37. The van der Waals surface area contributed by atoms with Gasteiger partial charge in [-0.05, 0) is 34.6 Å². The topological polar surface area (TPSA) is 32.8 Å². The van der Waals surface area contributed by atoms with E-state index in [-0.39, 0.29) is 11.8 Å². The molecule has 3 aromatic rings. The first-order chi connectivity index (χ1) is 16.0. The van der Waals surface area contributed by atoms with Crippen molar-refractivity contribution >= 4 is 17.2 Å². The molecule has 0 bridgehead atoms. The van der Waals surface area contributed by atoms with Gasteiger partial charge in [0.15, 0.2) is 0 Å². The Morgan fingerprint density at radius 1 is 1.06 bits per heavy atom. The third kappa shape index (κ3) is 5.84. The van der Waals surface area contributed by atoms with Crippen molar-refractivity contribution in [3.8, 4) is 5.75 Å². The smallest absolute Gasteiger partial charge is 0.225 e. The van der Waals surface area contributed by atoms with Crippen LogP contribution in [0, 0.1) is 11.8 Å². The predicted molar refractivity (Wildman–Crippen MR) is 136 cm³/mol. The fourth-order valence-corrected chi connectivity index (χ4v) is 5.65. The monoisotopic (exact) mass is 462 g/mol. The first kappa shape index (κ1) is 23.5. The number of rotatable bonds is 9. The molecule has 4 rings (SSSR count). The molecule has 1 aliphatic rings. The lowest BCUT2D eigenvalue weighted by Gasteiger charge is -2.30. The molecule has 174 valence electrons. The average molecular weight is 463 g/mol. The fraction of sp³-hybridized carbons (Fsp3) is 0.393. The fourth-order valence-electron chi connectivity index (χ4n) is 4.91. The Balaban J connectivity index is 1.60. The Kier molecular flexibility index (Phi) is 7.84. The van der Waals surface area contributed by atoms with Crippen LogP contribution >= 0.6 is 11.3 Å². The molecule has 4 nitrogen and oxygen atoms in total. The molecule has 0 spiro atoms. The zero-order valence-corrected chi connectivity index (χ0v) is 20.6. The second kappa shape index (κ2) is 11.0. The van der Waals surface area contributed by atoms with E-state index in [1.807, 2.05) is 49.4 Å². The molecular weight excluding hydrogens is 428 g/mol. The number of ether oxygens (including phenoxy) is 1. The summed E-state index contributed by atoms with van der Waals surface area (Å²) < 4.78 is 5.74. The maximum atomic E-state index is 13.2. The standard InChI is InChI=1S/C28H34N2O2S/c1-21(2)28(31)30(16-22-10-5-4-6-11-22)18-23-17-29(19-24-12-9-15-33-24)20-26(23)25-13-7-8-14-27(25)32-3/h4-15,21,23,26H,16-20H2,1-3H3/t23-,26+/m0/s1. The molecule has 2 heterocycles. The Bertz CT molecular complexity index is 1020. The van der Waals surface area contributed by atoms with Gasteiger partial charge in [-0.2, -0.15) is 0 Å². The van der Waals surface area contributed by atoms with E-state index in [1.54, 1.807) is 7.11 Å². The number of carbonyl (C=O) groups is 1. The summed E-state index contributed by atoms with van der Waals surface area (Å²) in [6.07, 6.45) is 0. The minimum atomic E-state index is -0.0259. The van der Waals surface area contributed by atoms with Crippen LogP contribution in [0.25, 0.3) is 0 Å². The van der Waals surface area contributed by atoms with E-state index in [0.717, 1.165) is 31.9 Å². The summed E-state index contributed by atoms with van der Waals surface area (Å²) in [7, 11) is 1.75. The van der Waals surface area contributed by atoms with Gasteiger partial charge < -0.3 is 9.64 Å². The molecule has 0 radical (unpaired) electrons. The van der Waals surface area contributed by atoms with Gasteiger partial charge in [0, 0.05) is 49.4 Å². The lowest BCUT2D eigenvalue weighted by Crippen LogP contribution is -2.39. The zero-order valence-electron chi connectivity index (χ0n) is 19.8. The van der Waals surface area contributed by atoms with E-state index in [1.165, 1.54) is 16.0 Å². The minimum Gasteiger partial charge on any atom is -0.496 e. The Labute approximate surface area is 201 Å². The van der Waals surface area contributed by atoms with Gasteiger partial charge in [-0.1, -0.05) is 68.4 Å². The van der Waals surface area contributed by atoms with Crippen LogP contribution in [0.2, 0.25) is 0 Å². The third-order valence-corrected chi connectivity index (χ3v) is 7.35. The van der Waals surface area contributed by atoms with Crippen molar-refractivity contribution < 1.29 is 9.53 Å². The number of hydrogen-bond acceptors (Lipinski definition) is 4. The van der Waals surface area contributed by atoms with Gasteiger partial charge in [0.25, 0.3) is 0 Å². The number of thiophene rings is 1. The summed E-state index contributed by atoms with van der Waals surface area (Å²) in [6.45, 7) is 8.28. The number of para-hydroxylation sites is 1. The van der Waals surface area contributed by atoms with Crippen LogP contribution in [0.5, 0.6) is 5.75 Å². The number of amides is 1. The van der Waals surface area contributed by atoms with Gasteiger partial charge in [0.05, 0.1) is 7.11 Å². The largest absolute Gasteiger partial charge is 0.496 e. The highest BCUT2D eigenvalue weighted by Crippen LogP contribution is 2.39. The quantitative estimate of drug-likeness (QED) is 0.411. The van der Waals surface area contributed by atoms with E-state index in [0.29, 0.717) is 18.4 Å². The second-order valence-electron chi connectivity index (χ2n) is 9.24. The summed E-state index contributed by atoms with van der Waals surface area (Å²) in [6, 6.07) is 23.0. The van der Waals surface area contributed by atoms with Crippen molar-refractivity contribution in [2.45, 2.75) is 32.9 Å². The summed E-state index contributed by atoms with van der Waals surface area (Å²) in [5, 5.41) is 2.14. The van der Waals surface area contributed by atoms with Crippen molar-refractivity contribution in [1.82, 2.24) is 9.80 Å². The summed E-state index contributed by atoms with van der Waals surface area (Å²) in [5.41, 5.74) is 2.42. The van der Waals surface area contributed by atoms with Crippen LogP contribution in [0.1, 0.15) is 35.8 Å². The molecule has 1 fully saturated rings. The third-order valence-electron chi connectivity index (χ3n) is 6.49. The van der Waals surface area contributed by atoms with Crippen molar-refractivity contribution in [2.24, 2.45) is 11.8 Å². The van der Waals surface area contributed by atoms with Gasteiger partial charge in [-0.3, -0.25) is 9.69 Å². The zero-order chi connectivity index (χ0) is 23.2. The number of hydrogen-bond donors (Lipinski definition) is 0. The highest BCUT2D eigenvalue weighted by molar-refractivity contribution is 7.09. The molecule has 0 aliphatic carbocycles. The van der Waals surface area contributed by atoms with Crippen molar-refractivity contribution in [3.63, 3.8) is 0 Å². The SMILES string of the molecule is COc1ccccc1[C@@H]1CN(Cc2cccs2)C[C@H]1CN(Cc1ccccc1)C(=O)C(C)C. The molecule has 1 saturated heterocycles. The molecule has 1 aromatic heterocycles. The van der Waals surface area contributed by atoms with E-state index < -0.39 is 0 Å². The summed E-state index contributed by atoms with van der Waals surface area (Å²) >= 11 is 1.81. The molecular formula is C28H34N2O2S. The van der Waals surface area contributed by atoms with E-state index in [9.17, 15) is 4.79 Å². The maximum Gasteiger partial charge on any atom is 0.225 e. The van der Waals surface area contributed by atoms with Crippen molar-refractivity contribution in [1.29, 1.82) is 0 Å². The molecule has 2 aromatic carbocycles. The molecule has 0 unspecified atom stereocenters. The average Bonchev–Trinajstić information content (AvgIpc) is 3.49. The maximum absolute atomic E-state index is 13.2. The molecule has 2 atom stereocenters. The number of carbonyl (C=O) groups excluding carboxylic acids is 1. The van der Waals surface area contributed by atoms with Crippen LogP contribution < -0.4 is 4.74 Å². The van der Waals surface area contributed by atoms with E-state index in [4.69, 9.17) is 4.74 Å². The van der Waals surface area contributed by atoms with E-state index >= 15 is 0 Å². The van der Waals surface area contributed by atoms with Gasteiger partial charge in [0.2, 0.25) is 5.91 Å². The molecule has 0 N–H and O–H groups in total. The second-order valence-corrected chi connectivity index (χ2v) is 10.3. The predicted octanol–water partition coefficient (Wildman–Crippen LogP) is 5.66. The minimum absolute atomic E-state index is 0.0259. The lowest BCUT2D eigenvalue weighted by atomic mass is 9.87. The lowest BCUT2D eigenvalue weighted by molar-refractivity contribution is -0.135. The summed E-state index contributed by atoms with van der Waals surface area (Å²) in [5.74, 6) is 1.79. The van der Waals surface area contributed by atoms with Gasteiger partial charge in [-0.15, -0.1) is 11.3 Å². The van der Waals surface area contributed by atoms with Crippen LogP contribution in [-0.2, 0) is 17.9 Å². The van der Waals surface area contributed by atoms with Gasteiger partial charge >= 0.3 is 0 Å². The van der Waals surface area contributed by atoms with Crippen LogP contribution in [0.15, 0.2) is 72.1 Å². The van der Waals surface area contributed by atoms with Gasteiger partial charge in [0.1, 0.15) is 5.75 Å². The van der Waals surface area contributed by atoms with Crippen LogP contribution in [0.4, 0.5) is 0 Å². The normalized spacial score (nSPS) is 18.5. The number of methoxy groups -OCH3 is 1. The number of likely N-dealkylation sites (tertiary alicyclic amines) is 1. The van der Waals surface area contributed by atoms with Crippen LogP contribution in [0.3, 0.4) is 0 Å².